The SMILES string of the molecule is CCN(CCl)Cc1nnc(-c2ccc(F)cn2)n1-c1csc(C(=O)NC(C)C)n1. The molecular weight excluding hydrogens is 417 g/mol. The van der Waals surface area contributed by atoms with Gasteiger partial charge in [-0.25, -0.2) is 14.4 Å². The summed E-state index contributed by atoms with van der Waals surface area (Å²) in [5.74, 6) is 0.807. The van der Waals surface area contributed by atoms with Crippen molar-refractivity contribution in [3.05, 3.63) is 40.4 Å². The second kappa shape index (κ2) is 9.38. The van der Waals surface area contributed by atoms with Crippen LogP contribution >= 0.6 is 22.9 Å². The molecule has 0 aliphatic carbocycles. The number of nitrogens with one attached hydrogen (secondary N) is 1. The number of thiazole rings is 1. The maximum atomic E-state index is 13.3. The maximum Gasteiger partial charge on any atom is 0.280 e. The van der Waals surface area contributed by atoms with Crippen molar-refractivity contribution in [2.75, 3.05) is 12.5 Å². The van der Waals surface area contributed by atoms with Crippen LogP contribution in [0, 0.1) is 5.82 Å². The van der Waals surface area contributed by atoms with Gasteiger partial charge in [-0.15, -0.1) is 33.1 Å². The standard InChI is InChI=1S/C18H21ClFN7OS/c1-4-26(10-19)8-14-24-25-16(13-6-5-12(20)7-21-13)27(14)15-9-29-18(23-15)17(28)22-11(2)3/h5-7,9,11H,4,8,10H2,1-3H3,(H,22,28). The number of nitrogens with zero attached hydrogens (tertiary/aromatic N) is 6. The summed E-state index contributed by atoms with van der Waals surface area (Å²) in [4.78, 5) is 22.8. The van der Waals surface area contributed by atoms with E-state index in [0.29, 0.717) is 40.7 Å². The Morgan fingerprint density at radius 3 is 2.79 bits per heavy atom. The fraction of sp³-hybridized carbons (Fsp3) is 0.389. The van der Waals surface area contributed by atoms with Crippen molar-refractivity contribution in [3.8, 4) is 17.3 Å². The van der Waals surface area contributed by atoms with Crippen LogP contribution in [0.3, 0.4) is 0 Å². The van der Waals surface area contributed by atoms with Gasteiger partial charge in [0.15, 0.2) is 22.5 Å². The first-order valence-electron chi connectivity index (χ1n) is 9.04. The number of aromatic nitrogens is 5. The van der Waals surface area contributed by atoms with E-state index in [1.807, 2.05) is 25.7 Å². The molecule has 29 heavy (non-hydrogen) atoms. The van der Waals surface area contributed by atoms with Crippen LogP contribution in [0.2, 0.25) is 0 Å². The molecule has 0 radical (unpaired) electrons. The van der Waals surface area contributed by atoms with Gasteiger partial charge in [-0.05, 0) is 32.5 Å². The Morgan fingerprint density at radius 2 is 2.17 bits per heavy atom. The molecule has 0 spiro atoms. The highest BCUT2D eigenvalue weighted by Crippen LogP contribution is 2.24. The van der Waals surface area contributed by atoms with Gasteiger partial charge in [-0.2, -0.15) is 0 Å². The van der Waals surface area contributed by atoms with Gasteiger partial charge < -0.3 is 5.32 Å². The average Bonchev–Trinajstić information content (AvgIpc) is 3.33. The number of hydrogen-bond donors (Lipinski definition) is 1. The quantitative estimate of drug-likeness (QED) is 0.430. The molecule has 3 heterocycles. The normalized spacial score (nSPS) is 11.4. The van der Waals surface area contributed by atoms with Crippen molar-refractivity contribution in [1.29, 1.82) is 0 Å². The smallest absolute Gasteiger partial charge is 0.280 e. The van der Waals surface area contributed by atoms with Crippen molar-refractivity contribution in [2.24, 2.45) is 0 Å². The summed E-state index contributed by atoms with van der Waals surface area (Å²) in [5, 5.41) is 13.4. The lowest BCUT2D eigenvalue weighted by Gasteiger charge is -2.16. The third kappa shape index (κ3) is 4.95. The molecule has 0 aromatic carbocycles. The lowest BCUT2D eigenvalue weighted by Crippen LogP contribution is -2.30. The third-order valence-corrected chi connectivity index (χ3v) is 5.17. The maximum absolute atomic E-state index is 13.3. The summed E-state index contributed by atoms with van der Waals surface area (Å²) in [6.45, 7) is 6.91. The minimum absolute atomic E-state index is 0.00105. The molecule has 0 fully saturated rings. The van der Waals surface area contributed by atoms with E-state index in [0.717, 1.165) is 12.7 Å². The Morgan fingerprint density at radius 1 is 1.38 bits per heavy atom. The lowest BCUT2D eigenvalue weighted by molar-refractivity contribution is 0.0942. The monoisotopic (exact) mass is 437 g/mol. The fourth-order valence-corrected chi connectivity index (χ4v) is 3.51. The predicted octanol–water partition coefficient (Wildman–Crippen LogP) is 3.08. The van der Waals surface area contributed by atoms with E-state index in [-0.39, 0.29) is 11.9 Å². The zero-order valence-electron chi connectivity index (χ0n) is 16.3. The second-order valence-corrected chi connectivity index (χ2v) is 7.64. The molecule has 1 amide bonds. The molecule has 8 nitrogen and oxygen atoms in total. The molecule has 0 saturated heterocycles. The van der Waals surface area contributed by atoms with Gasteiger partial charge in [0.05, 0.1) is 18.7 Å². The highest BCUT2D eigenvalue weighted by molar-refractivity contribution is 7.11. The van der Waals surface area contributed by atoms with E-state index in [1.165, 1.54) is 23.5 Å². The highest BCUT2D eigenvalue weighted by Gasteiger charge is 2.21. The molecule has 0 atom stereocenters. The van der Waals surface area contributed by atoms with E-state index in [9.17, 15) is 9.18 Å². The number of amides is 1. The Labute approximate surface area is 176 Å². The Hall–Kier alpha value is -2.43. The first-order valence-corrected chi connectivity index (χ1v) is 10.5. The van der Waals surface area contributed by atoms with Crippen LogP contribution < -0.4 is 5.32 Å². The number of hydrogen-bond acceptors (Lipinski definition) is 7. The molecule has 0 aliphatic heterocycles. The predicted molar refractivity (Wildman–Crippen MR) is 110 cm³/mol. The van der Waals surface area contributed by atoms with Crippen molar-refractivity contribution >= 4 is 28.8 Å². The molecular formula is C18H21ClFN7OS. The first kappa shape index (κ1) is 21.3. The van der Waals surface area contributed by atoms with Gasteiger partial charge >= 0.3 is 0 Å². The summed E-state index contributed by atoms with van der Waals surface area (Å²) in [7, 11) is 0. The van der Waals surface area contributed by atoms with Gasteiger partial charge in [0.25, 0.3) is 5.91 Å². The summed E-state index contributed by atoms with van der Waals surface area (Å²) in [6, 6.07) is 3.16. The summed E-state index contributed by atoms with van der Waals surface area (Å²) >= 11 is 7.22. The minimum atomic E-state index is -0.444. The fourth-order valence-electron chi connectivity index (χ4n) is 2.57. The Balaban J connectivity index is 2.04. The molecule has 3 aromatic heterocycles. The average molecular weight is 438 g/mol. The Kier molecular flexibility index (Phi) is 6.88. The van der Waals surface area contributed by atoms with Crippen LogP contribution in [0.15, 0.2) is 23.7 Å². The molecule has 0 unspecified atom stereocenters. The molecule has 0 aliphatic rings. The molecule has 1 N–H and O–H groups in total. The van der Waals surface area contributed by atoms with Gasteiger partial charge in [0, 0.05) is 11.4 Å². The van der Waals surface area contributed by atoms with Crippen molar-refractivity contribution < 1.29 is 9.18 Å². The summed E-state index contributed by atoms with van der Waals surface area (Å²) in [5.41, 5.74) is 0.445. The minimum Gasteiger partial charge on any atom is -0.348 e. The second-order valence-electron chi connectivity index (χ2n) is 6.54. The van der Waals surface area contributed by atoms with Crippen molar-refractivity contribution in [3.63, 3.8) is 0 Å². The van der Waals surface area contributed by atoms with E-state index in [1.54, 1.807) is 9.95 Å². The topological polar surface area (TPSA) is 88.8 Å². The number of alkyl halides is 1. The van der Waals surface area contributed by atoms with Crippen LogP contribution in [0.4, 0.5) is 4.39 Å². The molecule has 3 rings (SSSR count). The number of halogens is 2. The molecule has 154 valence electrons. The van der Waals surface area contributed by atoms with Crippen LogP contribution in [0.1, 0.15) is 36.4 Å². The largest absolute Gasteiger partial charge is 0.348 e. The third-order valence-electron chi connectivity index (χ3n) is 4.00. The lowest BCUT2D eigenvalue weighted by atomic mass is 10.3. The number of pyridine rings is 1. The van der Waals surface area contributed by atoms with E-state index >= 15 is 0 Å². The number of carbonyl (C=O) groups excluding carboxylic acids is 1. The zero-order chi connectivity index (χ0) is 21.0. The van der Waals surface area contributed by atoms with Crippen LogP contribution in [0.5, 0.6) is 0 Å². The Bertz CT molecular complexity index is 969. The van der Waals surface area contributed by atoms with Crippen molar-refractivity contribution in [1.82, 2.24) is 34.9 Å². The zero-order valence-corrected chi connectivity index (χ0v) is 17.8. The van der Waals surface area contributed by atoms with Gasteiger partial charge in [-0.3, -0.25) is 14.3 Å². The van der Waals surface area contributed by atoms with E-state index < -0.39 is 5.82 Å². The van der Waals surface area contributed by atoms with Crippen LogP contribution in [-0.4, -0.2) is 54.1 Å². The van der Waals surface area contributed by atoms with E-state index in [4.69, 9.17) is 11.6 Å². The summed E-state index contributed by atoms with van der Waals surface area (Å²) in [6.07, 6.45) is 1.12. The number of carbonyl (C=O) groups is 1. The van der Waals surface area contributed by atoms with Crippen molar-refractivity contribution in [2.45, 2.75) is 33.4 Å². The first-order chi connectivity index (χ1) is 13.9. The molecule has 3 aromatic rings. The van der Waals surface area contributed by atoms with Gasteiger partial charge in [0.2, 0.25) is 0 Å². The molecule has 11 heteroatoms. The van der Waals surface area contributed by atoms with E-state index in [2.05, 4.69) is 25.5 Å². The van der Waals surface area contributed by atoms with Crippen LogP contribution in [-0.2, 0) is 6.54 Å². The number of rotatable bonds is 8. The summed E-state index contributed by atoms with van der Waals surface area (Å²) < 4.78 is 15.0. The van der Waals surface area contributed by atoms with Gasteiger partial charge in [-0.1, -0.05) is 6.92 Å². The highest BCUT2D eigenvalue weighted by atomic mass is 35.5. The van der Waals surface area contributed by atoms with Gasteiger partial charge in [0.1, 0.15) is 11.5 Å². The van der Waals surface area contributed by atoms with Crippen LogP contribution in [0.25, 0.3) is 17.3 Å². The molecule has 0 saturated carbocycles. The molecule has 0 bridgehead atoms.